The van der Waals surface area contributed by atoms with Crippen molar-refractivity contribution in [1.29, 1.82) is 0 Å². The van der Waals surface area contributed by atoms with Crippen molar-refractivity contribution in [2.75, 3.05) is 0 Å². The number of hydrogen-bond acceptors (Lipinski definition) is 4. The van der Waals surface area contributed by atoms with Gasteiger partial charge in [-0.25, -0.2) is 9.10 Å². The molecule has 0 N–H and O–H groups in total. The fourth-order valence-corrected chi connectivity index (χ4v) is 5.62. The highest BCUT2D eigenvalue weighted by Crippen LogP contribution is 2.56. The molecular formula is C17H10Cl6N2O2S2. The summed E-state index contributed by atoms with van der Waals surface area (Å²) in [6.07, 6.45) is 0. The van der Waals surface area contributed by atoms with E-state index in [1.54, 1.807) is 60.7 Å². The molecule has 1 fully saturated rings. The van der Waals surface area contributed by atoms with E-state index in [1.165, 1.54) is 0 Å². The summed E-state index contributed by atoms with van der Waals surface area (Å²) in [6, 6.07) is 16.5. The predicted octanol–water partition coefficient (Wildman–Crippen LogP) is 7.15. The minimum atomic E-state index is -1.97. The number of nitrogens with zero attached hydrogens (tertiary/aromatic N) is 2. The molecule has 0 unspecified atom stereocenters. The number of benzene rings is 2. The highest BCUT2D eigenvalue weighted by atomic mass is 35.6. The van der Waals surface area contributed by atoms with Gasteiger partial charge in [0.15, 0.2) is 5.54 Å². The van der Waals surface area contributed by atoms with Gasteiger partial charge in [0, 0.05) is 23.9 Å². The molecule has 0 aliphatic carbocycles. The van der Waals surface area contributed by atoms with E-state index >= 15 is 0 Å². The number of alkyl halides is 6. The third-order valence-electron chi connectivity index (χ3n) is 3.92. The fourth-order valence-electron chi connectivity index (χ4n) is 2.95. The maximum Gasteiger partial charge on any atom is 0.349 e. The number of imide groups is 1. The lowest BCUT2D eigenvalue weighted by Gasteiger charge is -2.36. The second-order valence-corrected chi connectivity index (χ2v) is 13.9. The molecular weight excluding hydrogens is 541 g/mol. The van der Waals surface area contributed by atoms with Crippen LogP contribution in [0.15, 0.2) is 60.7 Å². The fraction of sp³-hybridized carbons (Fsp3) is 0.176. The number of rotatable bonds is 4. The van der Waals surface area contributed by atoms with E-state index in [0.717, 1.165) is 8.61 Å². The van der Waals surface area contributed by atoms with Crippen LogP contribution in [-0.2, 0) is 10.3 Å². The molecule has 1 heterocycles. The lowest BCUT2D eigenvalue weighted by Crippen LogP contribution is -2.45. The Morgan fingerprint density at radius 2 is 1.10 bits per heavy atom. The second kappa shape index (κ2) is 8.75. The van der Waals surface area contributed by atoms with E-state index in [4.69, 9.17) is 69.6 Å². The molecule has 0 radical (unpaired) electrons. The monoisotopic (exact) mass is 548 g/mol. The SMILES string of the molecule is O=C1N(SC(Cl)(Cl)Cl)C(=O)C(c2ccccc2)(c2ccccc2)N1SC(Cl)(Cl)Cl. The van der Waals surface area contributed by atoms with Crippen molar-refractivity contribution in [3.05, 3.63) is 71.8 Å². The summed E-state index contributed by atoms with van der Waals surface area (Å²) < 4.78 is -2.02. The van der Waals surface area contributed by atoms with Crippen LogP contribution in [0, 0.1) is 0 Å². The van der Waals surface area contributed by atoms with Gasteiger partial charge in [0.25, 0.3) is 12.2 Å². The van der Waals surface area contributed by atoms with E-state index < -0.39 is 23.7 Å². The van der Waals surface area contributed by atoms with E-state index in [1.807, 2.05) is 0 Å². The van der Waals surface area contributed by atoms with E-state index in [2.05, 4.69) is 0 Å². The first-order chi connectivity index (χ1) is 13.5. The molecule has 0 saturated carbocycles. The van der Waals surface area contributed by atoms with Crippen LogP contribution in [0.5, 0.6) is 0 Å². The topological polar surface area (TPSA) is 40.6 Å². The molecule has 0 atom stereocenters. The zero-order chi connectivity index (χ0) is 21.4. The Kier molecular flexibility index (Phi) is 7.09. The first kappa shape index (κ1) is 23.5. The van der Waals surface area contributed by atoms with Gasteiger partial charge in [-0.1, -0.05) is 130 Å². The number of carbonyl (C=O) groups excluding carboxylic acids is 2. The van der Waals surface area contributed by atoms with Crippen molar-refractivity contribution in [3.8, 4) is 0 Å². The Labute approximate surface area is 205 Å². The van der Waals surface area contributed by atoms with Gasteiger partial charge in [0.2, 0.25) is 0 Å². The summed E-state index contributed by atoms with van der Waals surface area (Å²) in [5.74, 6) is -0.655. The zero-order valence-corrected chi connectivity index (χ0v) is 20.2. The van der Waals surface area contributed by atoms with Gasteiger partial charge in [0.1, 0.15) is 0 Å². The largest absolute Gasteiger partial charge is 0.349 e. The summed E-state index contributed by atoms with van der Waals surface area (Å²) >= 11 is 36.6. The second-order valence-electron chi connectivity index (χ2n) is 5.69. The summed E-state index contributed by atoms with van der Waals surface area (Å²) in [5, 5.41) is 0. The molecule has 154 valence electrons. The van der Waals surface area contributed by atoms with Gasteiger partial charge in [-0.15, -0.1) is 0 Å². The maximum absolute atomic E-state index is 13.7. The number of hydrogen-bond donors (Lipinski definition) is 0. The van der Waals surface area contributed by atoms with Crippen LogP contribution in [-0.4, -0.2) is 26.8 Å². The summed E-state index contributed by atoms with van der Waals surface area (Å²) in [6.45, 7) is 0. The first-order valence-corrected chi connectivity index (χ1v) is 11.6. The van der Waals surface area contributed by atoms with E-state index in [0.29, 0.717) is 35.0 Å². The molecule has 4 nitrogen and oxygen atoms in total. The molecule has 0 spiro atoms. The maximum atomic E-state index is 13.7. The normalized spacial score (nSPS) is 17.2. The lowest BCUT2D eigenvalue weighted by molar-refractivity contribution is -0.127. The Morgan fingerprint density at radius 3 is 1.48 bits per heavy atom. The predicted molar refractivity (Wildman–Crippen MR) is 124 cm³/mol. The van der Waals surface area contributed by atoms with E-state index in [9.17, 15) is 9.59 Å². The smallest absolute Gasteiger partial charge is 0.270 e. The lowest BCUT2D eigenvalue weighted by atomic mass is 9.83. The molecule has 1 aliphatic rings. The average molecular weight is 551 g/mol. The number of amides is 3. The van der Waals surface area contributed by atoms with Gasteiger partial charge in [-0.05, 0) is 11.1 Å². The Bertz CT molecular complexity index is 866. The molecule has 2 aromatic rings. The quantitative estimate of drug-likeness (QED) is 0.230. The van der Waals surface area contributed by atoms with Crippen molar-refractivity contribution in [3.63, 3.8) is 0 Å². The van der Waals surface area contributed by atoms with Crippen molar-refractivity contribution < 1.29 is 9.59 Å². The number of halogens is 6. The zero-order valence-electron chi connectivity index (χ0n) is 14.1. The standard InChI is InChI=1S/C17H10Cl6N2O2S2/c18-16(19,20)28-24-13(26)15(11-7-3-1-4-8-11,12-9-5-2-6-10-12)25(14(24)27)29-17(21,22)23/h1-10H. The summed E-state index contributed by atoms with van der Waals surface area (Å²) in [5.41, 5.74) is -0.672. The molecule has 29 heavy (non-hydrogen) atoms. The minimum absolute atomic E-state index is 0.448. The van der Waals surface area contributed by atoms with E-state index in [-0.39, 0.29) is 0 Å². The minimum Gasteiger partial charge on any atom is -0.270 e. The Balaban J connectivity index is 2.29. The molecule has 2 aromatic carbocycles. The van der Waals surface area contributed by atoms with Crippen LogP contribution in [0.1, 0.15) is 11.1 Å². The van der Waals surface area contributed by atoms with Crippen LogP contribution >= 0.6 is 93.5 Å². The molecule has 0 aromatic heterocycles. The van der Waals surface area contributed by atoms with Crippen LogP contribution < -0.4 is 0 Å². The number of carbonyl (C=O) groups is 2. The van der Waals surface area contributed by atoms with Crippen molar-refractivity contribution in [2.45, 2.75) is 11.8 Å². The van der Waals surface area contributed by atoms with Crippen molar-refractivity contribution in [2.24, 2.45) is 0 Å². The molecule has 1 aliphatic heterocycles. The Hall–Kier alpha value is -0.180. The molecule has 3 rings (SSSR count). The molecule has 3 amide bonds. The third-order valence-corrected chi connectivity index (χ3v) is 6.69. The highest BCUT2D eigenvalue weighted by Gasteiger charge is 2.63. The summed E-state index contributed by atoms with van der Waals surface area (Å²) in [4.78, 5) is 27.0. The highest BCUT2D eigenvalue weighted by molar-refractivity contribution is 8.04. The van der Waals surface area contributed by atoms with Gasteiger partial charge in [-0.3, -0.25) is 4.79 Å². The van der Waals surface area contributed by atoms with Crippen LogP contribution in [0.4, 0.5) is 4.79 Å². The van der Waals surface area contributed by atoms with Crippen LogP contribution in [0.2, 0.25) is 0 Å². The van der Waals surface area contributed by atoms with Gasteiger partial charge in [-0.2, -0.15) is 4.31 Å². The third kappa shape index (κ3) is 4.85. The Morgan fingerprint density at radius 1 is 0.690 bits per heavy atom. The van der Waals surface area contributed by atoms with Gasteiger partial charge in [0.05, 0.1) is 0 Å². The van der Waals surface area contributed by atoms with Gasteiger partial charge >= 0.3 is 6.03 Å². The van der Waals surface area contributed by atoms with Gasteiger partial charge < -0.3 is 0 Å². The van der Waals surface area contributed by atoms with Crippen molar-refractivity contribution >= 4 is 105 Å². The van der Waals surface area contributed by atoms with Crippen molar-refractivity contribution in [1.82, 2.24) is 8.61 Å². The number of urea groups is 1. The summed E-state index contributed by atoms with van der Waals surface area (Å²) in [7, 11) is 0. The molecule has 1 saturated heterocycles. The molecule has 12 heteroatoms. The van der Waals surface area contributed by atoms with Crippen LogP contribution in [0.25, 0.3) is 0 Å². The average Bonchev–Trinajstić information content (AvgIpc) is 2.83. The first-order valence-electron chi connectivity index (χ1n) is 7.78. The van der Waals surface area contributed by atoms with Crippen LogP contribution in [0.3, 0.4) is 0 Å². The molecule has 0 bridgehead atoms.